The highest BCUT2D eigenvalue weighted by atomic mass is 15.0. The van der Waals surface area contributed by atoms with Gasteiger partial charge in [-0.05, 0) is 25.2 Å². The fraction of sp³-hybridized carbons (Fsp3) is 0.857. The third-order valence-corrected chi connectivity index (χ3v) is 2.50. The Bertz CT molecular complexity index is 159. The molecule has 0 spiro atoms. The summed E-state index contributed by atoms with van der Waals surface area (Å²) in [6.45, 7) is 0. The first-order valence-electron chi connectivity index (χ1n) is 3.56. The third kappa shape index (κ3) is 0.650. The van der Waals surface area contributed by atoms with Gasteiger partial charge in [0.15, 0.2) is 0 Å². The minimum atomic E-state index is 0.184. The van der Waals surface area contributed by atoms with Crippen LogP contribution in [0.25, 0.3) is 0 Å². The molecule has 2 bridgehead atoms. The maximum absolute atomic E-state index is 8.58. The number of fused-ring (bicyclic) bond motifs is 2. The van der Waals surface area contributed by atoms with Crippen LogP contribution < -0.4 is 5.32 Å². The summed E-state index contributed by atoms with van der Waals surface area (Å²) in [5.74, 6) is 0.681. The van der Waals surface area contributed by atoms with Gasteiger partial charge < -0.3 is 0 Å². The molecule has 1 N–H and O–H groups in total. The van der Waals surface area contributed by atoms with E-state index in [2.05, 4.69) is 11.4 Å². The Kier molecular flexibility index (Phi) is 1.000. The zero-order chi connectivity index (χ0) is 6.27. The van der Waals surface area contributed by atoms with Crippen molar-refractivity contribution in [1.82, 2.24) is 5.32 Å². The first-order chi connectivity index (χ1) is 4.40. The molecule has 1 heterocycles. The van der Waals surface area contributed by atoms with Crippen LogP contribution in [-0.2, 0) is 0 Å². The lowest BCUT2D eigenvalue weighted by atomic mass is 10.0. The lowest BCUT2D eigenvalue weighted by Crippen LogP contribution is -2.33. The zero-order valence-electron chi connectivity index (χ0n) is 5.30. The largest absolute Gasteiger partial charge is 0.299 e. The van der Waals surface area contributed by atoms with Crippen LogP contribution >= 0.6 is 0 Å². The predicted molar refractivity (Wildman–Crippen MR) is 33.7 cm³/mol. The molecule has 2 rings (SSSR count). The lowest BCUT2D eigenvalue weighted by molar-refractivity contribution is 0.443. The summed E-state index contributed by atoms with van der Waals surface area (Å²) in [4.78, 5) is 0. The molecular weight excluding hydrogens is 112 g/mol. The molecule has 1 saturated heterocycles. The Morgan fingerprint density at radius 2 is 2.33 bits per heavy atom. The van der Waals surface area contributed by atoms with Crippen molar-refractivity contribution in [2.45, 2.75) is 31.3 Å². The van der Waals surface area contributed by atoms with Gasteiger partial charge in [0, 0.05) is 6.04 Å². The van der Waals surface area contributed by atoms with Gasteiger partial charge in [-0.3, -0.25) is 5.32 Å². The van der Waals surface area contributed by atoms with Crippen LogP contribution in [0.3, 0.4) is 0 Å². The molecule has 3 unspecified atom stereocenters. The summed E-state index contributed by atoms with van der Waals surface area (Å²) < 4.78 is 0. The molecule has 2 nitrogen and oxygen atoms in total. The molecule has 0 aromatic carbocycles. The van der Waals surface area contributed by atoms with E-state index in [0.717, 1.165) is 0 Å². The van der Waals surface area contributed by atoms with E-state index in [4.69, 9.17) is 5.26 Å². The Morgan fingerprint density at radius 3 is 2.67 bits per heavy atom. The van der Waals surface area contributed by atoms with E-state index >= 15 is 0 Å². The summed E-state index contributed by atoms with van der Waals surface area (Å²) >= 11 is 0. The number of piperidine rings is 1. The Hall–Kier alpha value is -0.550. The molecule has 0 aromatic rings. The molecule has 9 heavy (non-hydrogen) atoms. The van der Waals surface area contributed by atoms with Crippen molar-refractivity contribution in [2.75, 3.05) is 0 Å². The van der Waals surface area contributed by atoms with E-state index in [-0.39, 0.29) is 6.04 Å². The summed E-state index contributed by atoms with van der Waals surface area (Å²) in [6, 6.07) is 3.15. The molecular formula is C7H10N2. The molecule has 48 valence electrons. The van der Waals surface area contributed by atoms with Gasteiger partial charge in [0.1, 0.15) is 0 Å². The van der Waals surface area contributed by atoms with Crippen molar-refractivity contribution in [1.29, 1.82) is 5.26 Å². The molecule has 1 aliphatic carbocycles. The fourth-order valence-corrected chi connectivity index (χ4v) is 2.00. The zero-order valence-corrected chi connectivity index (χ0v) is 5.30. The number of nitrogens with one attached hydrogen (secondary N) is 1. The van der Waals surface area contributed by atoms with Crippen LogP contribution in [0.2, 0.25) is 0 Å². The fourth-order valence-electron chi connectivity index (χ4n) is 2.00. The number of hydrogen-bond donors (Lipinski definition) is 1. The standard InChI is InChI=1S/C7H10N2/c8-4-7-5-1-2-6(3-5)9-7/h5-7,9H,1-3H2. The first kappa shape index (κ1) is 5.25. The molecule has 0 aromatic heterocycles. The smallest absolute Gasteiger partial charge is 0.0984 e. The highest BCUT2D eigenvalue weighted by Gasteiger charge is 2.38. The lowest BCUT2D eigenvalue weighted by Gasteiger charge is -2.15. The van der Waals surface area contributed by atoms with Crippen LogP contribution in [0, 0.1) is 17.2 Å². The van der Waals surface area contributed by atoms with Crippen LogP contribution in [0.1, 0.15) is 19.3 Å². The normalized spacial score (nSPS) is 47.2. The highest BCUT2D eigenvalue weighted by Crippen LogP contribution is 2.34. The minimum absolute atomic E-state index is 0.184. The molecule has 3 atom stereocenters. The van der Waals surface area contributed by atoms with E-state index in [0.29, 0.717) is 12.0 Å². The van der Waals surface area contributed by atoms with Gasteiger partial charge in [0.05, 0.1) is 12.1 Å². The number of nitriles is 1. The molecule has 1 saturated carbocycles. The van der Waals surface area contributed by atoms with Crippen molar-refractivity contribution < 1.29 is 0 Å². The van der Waals surface area contributed by atoms with E-state index in [1.54, 1.807) is 0 Å². The van der Waals surface area contributed by atoms with Gasteiger partial charge in [0.2, 0.25) is 0 Å². The Labute approximate surface area is 54.9 Å². The topological polar surface area (TPSA) is 35.8 Å². The van der Waals surface area contributed by atoms with Crippen molar-refractivity contribution in [2.24, 2.45) is 5.92 Å². The van der Waals surface area contributed by atoms with E-state index in [9.17, 15) is 0 Å². The molecule has 1 aliphatic heterocycles. The maximum atomic E-state index is 8.58. The van der Waals surface area contributed by atoms with Crippen LogP contribution in [0.4, 0.5) is 0 Å². The second-order valence-electron chi connectivity index (χ2n) is 3.04. The SMILES string of the molecule is N#CC1NC2CCC1C2. The first-order valence-corrected chi connectivity index (χ1v) is 3.56. The van der Waals surface area contributed by atoms with Crippen LogP contribution in [0.15, 0.2) is 0 Å². The van der Waals surface area contributed by atoms with Gasteiger partial charge >= 0.3 is 0 Å². The maximum Gasteiger partial charge on any atom is 0.0984 e. The third-order valence-electron chi connectivity index (χ3n) is 2.50. The van der Waals surface area contributed by atoms with Gasteiger partial charge in [-0.1, -0.05) is 0 Å². The van der Waals surface area contributed by atoms with E-state index < -0.39 is 0 Å². The molecule has 0 radical (unpaired) electrons. The quantitative estimate of drug-likeness (QED) is 0.512. The van der Waals surface area contributed by atoms with Crippen molar-refractivity contribution in [3.8, 4) is 6.07 Å². The predicted octanol–water partition coefficient (Wildman–Crippen LogP) is 0.650. The number of hydrogen-bond acceptors (Lipinski definition) is 2. The van der Waals surface area contributed by atoms with Gasteiger partial charge in [0.25, 0.3) is 0 Å². The summed E-state index contributed by atoms with van der Waals surface area (Å²) in [5, 5.41) is 11.9. The van der Waals surface area contributed by atoms with Crippen molar-refractivity contribution in [3.63, 3.8) is 0 Å². The molecule has 2 heteroatoms. The van der Waals surface area contributed by atoms with E-state index in [1.807, 2.05) is 0 Å². The second kappa shape index (κ2) is 1.71. The van der Waals surface area contributed by atoms with Crippen LogP contribution in [0.5, 0.6) is 0 Å². The number of nitrogens with zero attached hydrogens (tertiary/aromatic N) is 1. The van der Waals surface area contributed by atoms with Crippen molar-refractivity contribution in [3.05, 3.63) is 0 Å². The average Bonchev–Trinajstić information content (AvgIpc) is 2.45. The summed E-state index contributed by atoms with van der Waals surface area (Å²) in [7, 11) is 0. The minimum Gasteiger partial charge on any atom is -0.299 e. The van der Waals surface area contributed by atoms with Gasteiger partial charge in [-0.15, -0.1) is 0 Å². The molecule has 2 aliphatic rings. The van der Waals surface area contributed by atoms with Gasteiger partial charge in [-0.25, -0.2) is 0 Å². The number of rotatable bonds is 0. The monoisotopic (exact) mass is 122 g/mol. The Balaban J connectivity index is 2.12. The highest BCUT2D eigenvalue weighted by molar-refractivity contribution is 5.06. The van der Waals surface area contributed by atoms with Gasteiger partial charge in [-0.2, -0.15) is 5.26 Å². The second-order valence-corrected chi connectivity index (χ2v) is 3.04. The average molecular weight is 122 g/mol. The summed E-state index contributed by atoms with van der Waals surface area (Å²) in [6.07, 6.45) is 3.82. The van der Waals surface area contributed by atoms with Crippen LogP contribution in [-0.4, -0.2) is 12.1 Å². The Morgan fingerprint density at radius 1 is 1.44 bits per heavy atom. The molecule has 2 fully saturated rings. The summed E-state index contributed by atoms with van der Waals surface area (Å²) in [5.41, 5.74) is 0. The van der Waals surface area contributed by atoms with Crippen molar-refractivity contribution >= 4 is 0 Å². The van der Waals surface area contributed by atoms with E-state index in [1.165, 1.54) is 19.3 Å². The molecule has 0 amide bonds.